The van der Waals surface area contributed by atoms with Crippen molar-refractivity contribution in [1.82, 2.24) is 4.98 Å². The van der Waals surface area contributed by atoms with Crippen LogP contribution in [0.25, 0.3) is 0 Å². The van der Waals surface area contributed by atoms with Crippen LogP contribution in [0, 0.1) is 0 Å². The minimum atomic E-state index is 0.600. The van der Waals surface area contributed by atoms with Gasteiger partial charge in [-0.25, -0.2) is 4.98 Å². The van der Waals surface area contributed by atoms with Crippen molar-refractivity contribution in [1.29, 1.82) is 0 Å². The molecule has 0 unspecified atom stereocenters. The maximum Gasteiger partial charge on any atom is 0.182 e. The van der Waals surface area contributed by atoms with Gasteiger partial charge in [-0.05, 0) is 30.5 Å². The smallest absolute Gasteiger partial charge is 0.182 e. The van der Waals surface area contributed by atoms with E-state index in [0.717, 1.165) is 17.4 Å². The summed E-state index contributed by atoms with van der Waals surface area (Å²) in [7, 11) is 0. The van der Waals surface area contributed by atoms with Gasteiger partial charge in [0.25, 0.3) is 0 Å². The van der Waals surface area contributed by atoms with Gasteiger partial charge in [0.1, 0.15) is 0 Å². The van der Waals surface area contributed by atoms with Crippen LogP contribution in [0.5, 0.6) is 0 Å². The lowest BCUT2D eigenvalue weighted by molar-refractivity contribution is 0.865. The van der Waals surface area contributed by atoms with Gasteiger partial charge < -0.3 is 5.32 Å². The van der Waals surface area contributed by atoms with E-state index in [2.05, 4.69) is 55.3 Å². The number of benzene rings is 1. The summed E-state index contributed by atoms with van der Waals surface area (Å²) in [5, 5.41) is 4.27. The Kier molecular flexibility index (Phi) is 5.28. The molecule has 4 heteroatoms. The fourth-order valence-corrected chi connectivity index (χ4v) is 3.51. The molecule has 0 aliphatic heterocycles. The molecule has 19 heavy (non-hydrogen) atoms. The Bertz CT molecular complexity index is 503. The summed E-state index contributed by atoms with van der Waals surface area (Å²) in [6, 6.07) is 8.88. The molecule has 1 aromatic heterocycles. The minimum Gasteiger partial charge on any atom is -0.362 e. The standard InChI is InChI=1S/C15H20N2S2/c1-4-16-15-17-9-14(19-15)10-18-13-7-5-12(6-8-13)11(2)3/h5-9,11H,4,10H2,1-3H3,(H,16,17). The molecule has 1 heterocycles. The van der Waals surface area contributed by atoms with Crippen molar-refractivity contribution in [3.05, 3.63) is 40.9 Å². The molecule has 1 aromatic carbocycles. The van der Waals surface area contributed by atoms with Gasteiger partial charge in [-0.1, -0.05) is 26.0 Å². The first kappa shape index (κ1) is 14.4. The zero-order valence-electron chi connectivity index (χ0n) is 11.6. The zero-order chi connectivity index (χ0) is 13.7. The third-order valence-corrected chi connectivity index (χ3v) is 5.01. The summed E-state index contributed by atoms with van der Waals surface area (Å²) in [5.74, 6) is 1.59. The fraction of sp³-hybridized carbons (Fsp3) is 0.400. The third-order valence-electron chi connectivity index (χ3n) is 2.81. The van der Waals surface area contributed by atoms with Crippen molar-refractivity contribution in [3.63, 3.8) is 0 Å². The molecule has 0 atom stereocenters. The molecule has 2 nitrogen and oxygen atoms in total. The first-order valence-electron chi connectivity index (χ1n) is 6.60. The van der Waals surface area contributed by atoms with E-state index in [4.69, 9.17) is 0 Å². The zero-order valence-corrected chi connectivity index (χ0v) is 13.3. The molecule has 2 aromatic rings. The predicted molar refractivity (Wildman–Crippen MR) is 86.4 cm³/mol. The molecule has 1 N–H and O–H groups in total. The van der Waals surface area contributed by atoms with E-state index in [9.17, 15) is 0 Å². The number of rotatable bonds is 6. The molecular weight excluding hydrogens is 272 g/mol. The molecule has 0 radical (unpaired) electrons. The number of thioether (sulfide) groups is 1. The average Bonchev–Trinajstić information content (AvgIpc) is 2.85. The lowest BCUT2D eigenvalue weighted by Gasteiger charge is -2.06. The number of thiazole rings is 1. The van der Waals surface area contributed by atoms with Crippen molar-refractivity contribution in [2.45, 2.75) is 37.3 Å². The Morgan fingerprint density at radius 3 is 2.63 bits per heavy atom. The van der Waals surface area contributed by atoms with Crippen LogP contribution in [-0.4, -0.2) is 11.5 Å². The minimum absolute atomic E-state index is 0.600. The summed E-state index contributed by atoms with van der Waals surface area (Å²) >= 11 is 3.61. The number of hydrogen-bond acceptors (Lipinski definition) is 4. The number of anilines is 1. The van der Waals surface area contributed by atoms with Crippen molar-refractivity contribution in [2.75, 3.05) is 11.9 Å². The lowest BCUT2D eigenvalue weighted by Crippen LogP contribution is -1.94. The molecule has 0 spiro atoms. The fourth-order valence-electron chi connectivity index (χ4n) is 1.71. The van der Waals surface area contributed by atoms with E-state index in [-0.39, 0.29) is 0 Å². The second-order valence-corrected chi connectivity index (χ2v) is 6.84. The van der Waals surface area contributed by atoms with Gasteiger partial charge in [-0.3, -0.25) is 0 Å². The first-order valence-corrected chi connectivity index (χ1v) is 8.40. The number of nitrogens with zero attached hydrogens (tertiary/aromatic N) is 1. The van der Waals surface area contributed by atoms with Crippen LogP contribution in [0.3, 0.4) is 0 Å². The Morgan fingerprint density at radius 1 is 1.26 bits per heavy atom. The highest BCUT2D eigenvalue weighted by Gasteiger charge is 2.03. The van der Waals surface area contributed by atoms with Crippen LogP contribution in [-0.2, 0) is 5.75 Å². The van der Waals surface area contributed by atoms with Crippen LogP contribution >= 0.6 is 23.1 Å². The normalized spacial score (nSPS) is 10.9. The summed E-state index contributed by atoms with van der Waals surface area (Å²) < 4.78 is 0. The van der Waals surface area contributed by atoms with Gasteiger partial charge in [0.15, 0.2) is 5.13 Å². The van der Waals surface area contributed by atoms with Gasteiger partial charge in [0.2, 0.25) is 0 Å². The third kappa shape index (κ3) is 4.25. The molecule has 0 fully saturated rings. The second-order valence-electron chi connectivity index (χ2n) is 4.67. The van der Waals surface area contributed by atoms with Crippen molar-refractivity contribution in [3.8, 4) is 0 Å². The van der Waals surface area contributed by atoms with Crippen molar-refractivity contribution < 1.29 is 0 Å². The molecule has 0 aliphatic rings. The largest absolute Gasteiger partial charge is 0.362 e. The number of hydrogen-bond donors (Lipinski definition) is 1. The van der Waals surface area contributed by atoms with Gasteiger partial charge in [-0.2, -0.15) is 0 Å². The molecule has 102 valence electrons. The van der Waals surface area contributed by atoms with E-state index in [0.29, 0.717) is 5.92 Å². The lowest BCUT2D eigenvalue weighted by atomic mass is 10.0. The molecular formula is C15H20N2S2. The van der Waals surface area contributed by atoms with Crippen LogP contribution in [0.15, 0.2) is 35.4 Å². The van der Waals surface area contributed by atoms with Gasteiger partial charge in [-0.15, -0.1) is 23.1 Å². The highest BCUT2D eigenvalue weighted by atomic mass is 32.2. The maximum absolute atomic E-state index is 4.35. The van der Waals surface area contributed by atoms with E-state index in [1.807, 2.05) is 18.0 Å². The Morgan fingerprint density at radius 2 is 2.00 bits per heavy atom. The first-order chi connectivity index (χ1) is 9.19. The Hall–Kier alpha value is -1.00. The maximum atomic E-state index is 4.35. The summed E-state index contributed by atoms with van der Waals surface area (Å²) in [5.41, 5.74) is 1.40. The number of nitrogens with one attached hydrogen (secondary N) is 1. The highest BCUT2D eigenvalue weighted by Crippen LogP contribution is 2.28. The average molecular weight is 292 g/mol. The van der Waals surface area contributed by atoms with Crippen LogP contribution in [0.1, 0.15) is 37.1 Å². The molecule has 0 saturated heterocycles. The van der Waals surface area contributed by atoms with E-state index < -0.39 is 0 Å². The molecule has 0 aliphatic carbocycles. The molecule has 0 saturated carbocycles. The van der Waals surface area contributed by atoms with E-state index >= 15 is 0 Å². The van der Waals surface area contributed by atoms with E-state index in [1.54, 1.807) is 11.3 Å². The van der Waals surface area contributed by atoms with Gasteiger partial charge >= 0.3 is 0 Å². The monoisotopic (exact) mass is 292 g/mol. The van der Waals surface area contributed by atoms with Crippen molar-refractivity contribution in [2.24, 2.45) is 0 Å². The van der Waals surface area contributed by atoms with Crippen LogP contribution < -0.4 is 5.32 Å². The highest BCUT2D eigenvalue weighted by molar-refractivity contribution is 7.98. The van der Waals surface area contributed by atoms with Gasteiger partial charge in [0.05, 0.1) is 0 Å². The summed E-state index contributed by atoms with van der Waals surface area (Å²) in [4.78, 5) is 6.99. The van der Waals surface area contributed by atoms with Crippen molar-refractivity contribution >= 4 is 28.2 Å². The molecule has 0 bridgehead atoms. The quantitative estimate of drug-likeness (QED) is 0.759. The topological polar surface area (TPSA) is 24.9 Å². The van der Waals surface area contributed by atoms with Crippen LogP contribution in [0.2, 0.25) is 0 Å². The molecule has 0 amide bonds. The van der Waals surface area contributed by atoms with E-state index in [1.165, 1.54) is 15.3 Å². The molecule has 2 rings (SSSR count). The van der Waals surface area contributed by atoms with Gasteiger partial charge in [0, 0.05) is 28.3 Å². The second kappa shape index (κ2) is 6.96. The Balaban J connectivity index is 1.90. The summed E-state index contributed by atoms with van der Waals surface area (Å²) in [6.45, 7) is 7.46. The predicted octanol–water partition coefficient (Wildman–Crippen LogP) is 4.99. The van der Waals surface area contributed by atoms with Crippen LogP contribution in [0.4, 0.5) is 5.13 Å². The Labute approximate surface area is 123 Å². The summed E-state index contributed by atoms with van der Waals surface area (Å²) in [6.07, 6.45) is 1.97. The number of aromatic nitrogens is 1. The SMILES string of the molecule is CCNc1ncc(CSc2ccc(C(C)C)cc2)s1.